The van der Waals surface area contributed by atoms with Gasteiger partial charge in [-0.25, -0.2) is 4.68 Å². The number of alkyl halides is 2. The van der Waals surface area contributed by atoms with E-state index in [1.54, 1.807) is 26.2 Å². The van der Waals surface area contributed by atoms with Crippen molar-refractivity contribution in [3.8, 4) is 0 Å². The third kappa shape index (κ3) is 3.53. The zero-order chi connectivity index (χ0) is 18.0. The molecule has 134 valence electrons. The highest BCUT2D eigenvalue weighted by atomic mass is 19.3. The molecular weight excluding hydrogens is 328 g/mol. The van der Waals surface area contributed by atoms with Gasteiger partial charge in [-0.05, 0) is 31.5 Å². The topological polar surface area (TPSA) is 63.1 Å². The summed E-state index contributed by atoms with van der Waals surface area (Å²) < 4.78 is 26.7. The molecule has 1 fully saturated rings. The molecular formula is C17H21F2N5O. The van der Waals surface area contributed by atoms with Crippen LogP contribution in [0, 0.1) is 13.8 Å². The first-order valence-electron chi connectivity index (χ1n) is 8.22. The Morgan fingerprint density at radius 3 is 2.72 bits per heavy atom. The number of halogens is 2. The van der Waals surface area contributed by atoms with Gasteiger partial charge in [0.05, 0.1) is 18.2 Å². The van der Waals surface area contributed by atoms with Gasteiger partial charge in [0, 0.05) is 43.3 Å². The third-order valence-electron chi connectivity index (χ3n) is 4.64. The van der Waals surface area contributed by atoms with Crippen molar-refractivity contribution in [3.63, 3.8) is 0 Å². The van der Waals surface area contributed by atoms with Crippen molar-refractivity contribution >= 4 is 5.91 Å². The van der Waals surface area contributed by atoms with Crippen molar-refractivity contribution in [2.24, 2.45) is 0 Å². The molecule has 3 heterocycles. The summed E-state index contributed by atoms with van der Waals surface area (Å²) in [5.41, 5.74) is 2.41. The van der Waals surface area contributed by atoms with Gasteiger partial charge in [0.15, 0.2) is 0 Å². The van der Waals surface area contributed by atoms with Crippen LogP contribution in [0.25, 0.3) is 0 Å². The molecule has 2 aromatic rings. The number of piperazine rings is 1. The lowest BCUT2D eigenvalue weighted by Crippen LogP contribution is -2.49. The molecule has 1 saturated heterocycles. The lowest BCUT2D eigenvalue weighted by Gasteiger charge is -2.36. The number of nitrogens with zero attached hydrogens (tertiary/aromatic N) is 4. The Hall–Kier alpha value is -2.35. The quantitative estimate of drug-likeness (QED) is 0.917. The summed E-state index contributed by atoms with van der Waals surface area (Å²) in [6.07, 6.45) is 3.48. The van der Waals surface area contributed by atoms with E-state index in [0.29, 0.717) is 41.3 Å². The van der Waals surface area contributed by atoms with E-state index in [9.17, 15) is 13.6 Å². The van der Waals surface area contributed by atoms with E-state index in [2.05, 4.69) is 15.4 Å². The van der Waals surface area contributed by atoms with Crippen molar-refractivity contribution in [3.05, 3.63) is 47.0 Å². The van der Waals surface area contributed by atoms with E-state index in [1.807, 2.05) is 17.0 Å². The van der Waals surface area contributed by atoms with E-state index in [1.165, 1.54) is 0 Å². The molecule has 2 aromatic heterocycles. The van der Waals surface area contributed by atoms with Crippen molar-refractivity contribution < 1.29 is 13.6 Å². The van der Waals surface area contributed by atoms with Gasteiger partial charge in [-0.15, -0.1) is 0 Å². The van der Waals surface area contributed by atoms with Crippen molar-refractivity contribution in [2.45, 2.75) is 32.9 Å². The maximum atomic E-state index is 13.0. The second-order valence-electron chi connectivity index (χ2n) is 6.14. The molecule has 6 nitrogen and oxygen atoms in total. The first kappa shape index (κ1) is 17.5. The van der Waals surface area contributed by atoms with Crippen LogP contribution >= 0.6 is 0 Å². The van der Waals surface area contributed by atoms with Gasteiger partial charge in [0.25, 0.3) is 0 Å². The number of carbonyl (C=O) groups is 1. The number of hydrogen-bond acceptors (Lipinski definition) is 4. The summed E-state index contributed by atoms with van der Waals surface area (Å²) in [6.45, 7) is 2.48. The zero-order valence-corrected chi connectivity index (χ0v) is 14.2. The standard InChI is InChI=1S/C17H21F2N5O/c1-11-14(12(2)24(22-11)17(18)19)9-16(25)23-8-7-21-10-15(23)13-3-5-20-6-4-13/h3-6,15,17,21H,7-10H2,1-2H3. The molecule has 0 spiro atoms. The van der Waals surface area contributed by atoms with Gasteiger partial charge in [0.1, 0.15) is 0 Å². The number of hydrogen-bond donors (Lipinski definition) is 1. The lowest BCUT2D eigenvalue weighted by atomic mass is 10.0. The SMILES string of the molecule is Cc1nn(C(F)F)c(C)c1CC(=O)N1CCNCC1c1ccncc1. The number of nitrogens with one attached hydrogen (secondary N) is 1. The van der Waals surface area contributed by atoms with Gasteiger partial charge in [0.2, 0.25) is 5.91 Å². The minimum atomic E-state index is -2.70. The highest BCUT2D eigenvalue weighted by Gasteiger charge is 2.29. The predicted octanol–water partition coefficient (Wildman–Crippen LogP) is 2.01. The molecule has 0 bridgehead atoms. The van der Waals surface area contributed by atoms with Gasteiger partial charge >= 0.3 is 6.55 Å². The Labute approximate surface area is 144 Å². The average Bonchev–Trinajstić information content (AvgIpc) is 2.91. The van der Waals surface area contributed by atoms with Crippen LogP contribution in [0.4, 0.5) is 8.78 Å². The van der Waals surface area contributed by atoms with Crippen LogP contribution in [0.3, 0.4) is 0 Å². The average molecular weight is 349 g/mol. The second-order valence-corrected chi connectivity index (χ2v) is 6.14. The highest BCUT2D eigenvalue weighted by Crippen LogP contribution is 2.25. The molecule has 1 aliphatic heterocycles. The number of pyridine rings is 1. The van der Waals surface area contributed by atoms with E-state index < -0.39 is 6.55 Å². The Kier molecular flexibility index (Phi) is 5.08. The number of rotatable bonds is 4. The molecule has 1 atom stereocenters. The van der Waals surface area contributed by atoms with Crippen molar-refractivity contribution in [2.75, 3.05) is 19.6 Å². The maximum absolute atomic E-state index is 13.0. The first-order valence-corrected chi connectivity index (χ1v) is 8.22. The number of carbonyl (C=O) groups excluding carboxylic acids is 1. The molecule has 1 aliphatic rings. The Bertz CT molecular complexity index is 747. The summed E-state index contributed by atoms with van der Waals surface area (Å²) in [7, 11) is 0. The molecule has 1 N–H and O–H groups in total. The minimum Gasteiger partial charge on any atom is -0.333 e. The summed E-state index contributed by atoms with van der Waals surface area (Å²) in [6, 6.07) is 3.70. The van der Waals surface area contributed by atoms with Crippen LogP contribution in [-0.2, 0) is 11.2 Å². The number of aryl methyl sites for hydroxylation is 1. The Morgan fingerprint density at radius 1 is 1.36 bits per heavy atom. The van der Waals surface area contributed by atoms with Gasteiger partial charge in [-0.3, -0.25) is 9.78 Å². The summed E-state index contributed by atoms with van der Waals surface area (Å²) >= 11 is 0. The summed E-state index contributed by atoms with van der Waals surface area (Å²) in [5.74, 6) is -0.0803. The van der Waals surface area contributed by atoms with Crippen molar-refractivity contribution in [1.82, 2.24) is 25.0 Å². The Balaban J connectivity index is 1.82. The molecule has 1 unspecified atom stereocenters. The number of amides is 1. The van der Waals surface area contributed by atoms with Crippen LogP contribution in [0.15, 0.2) is 24.5 Å². The first-order chi connectivity index (χ1) is 12.0. The molecule has 3 rings (SSSR count). The molecule has 0 saturated carbocycles. The fourth-order valence-electron chi connectivity index (χ4n) is 3.28. The van der Waals surface area contributed by atoms with Crippen LogP contribution < -0.4 is 5.32 Å². The van der Waals surface area contributed by atoms with E-state index in [0.717, 1.165) is 5.56 Å². The van der Waals surface area contributed by atoms with Gasteiger partial charge in [-0.1, -0.05) is 0 Å². The number of aromatic nitrogens is 3. The van der Waals surface area contributed by atoms with Crippen LogP contribution in [-0.4, -0.2) is 45.2 Å². The molecule has 0 aliphatic carbocycles. The highest BCUT2D eigenvalue weighted by molar-refractivity contribution is 5.80. The van der Waals surface area contributed by atoms with Crippen LogP contribution in [0.2, 0.25) is 0 Å². The van der Waals surface area contributed by atoms with E-state index in [-0.39, 0.29) is 18.4 Å². The smallest absolute Gasteiger partial charge is 0.333 e. The largest absolute Gasteiger partial charge is 0.333 e. The minimum absolute atomic E-state index is 0.0754. The summed E-state index contributed by atoms with van der Waals surface area (Å²) in [5, 5.41) is 7.15. The normalized spacial score (nSPS) is 18.0. The molecule has 25 heavy (non-hydrogen) atoms. The van der Waals surface area contributed by atoms with Gasteiger partial charge < -0.3 is 10.2 Å². The zero-order valence-electron chi connectivity index (χ0n) is 14.2. The van der Waals surface area contributed by atoms with Gasteiger partial charge in [-0.2, -0.15) is 13.9 Å². The fourth-order valence-corrected chi connectivity index (χ4v) is 3.28. The monoisotopic (exact) mass is 349 g/mol. The molecule has 1 amide bonds. The van der Waals surface area contributed by atoms with Crippen molar-refractivity contribution in [1.29, 1.82) is 0 Å². The fraction of sp³-hybridized carbons (Fsp3) is 0.471. The third-order valence-corrected chi connectivity index (χ3v) is 4.64. The maximum Gasteiger partial charge on any atom is 0.333 e. The van der Waals surface area contributed by atoms with E-state index >= 15 is 0 Å². The second kappa shape index (κ2) is 7.26. The molecule has 8 heteroatoms. The Morgan fingerprint density at radius 2 is 2.08 bits per heavy atom. The molecule has 0 radical (unpaired) electrons. The van der Waals surface area contributed by atoms with Crippen LogP contribution in [0.1, 0.15) is 35.1 Å². The van der Waals surface area contributed by atoms with E-state index in [4.69, 9.17) is 0 Å². The summed E-state index contributed by atoms with van der Waals surface area (Å²) in [4.78, 5) is 18.7. The lowest BCUT2D eigenvalue weighted by molar-refractivity contribution is -0.133. The predicted molar refractivity (Wildman–Crippen MR) is 88.2 cm³/mol. The van der Waals surface area contributed by atoms with Crippen LogP contribution in [0.5, 0.6) is 0 Å². The molecule has 0 aromatic carbocycles.